The summed E-state index contributed by atoms with van der Waals surface area (Å²) in [5.41, 5.74) is 1.53. The zero-order valence-electron chi connectivity index (χ0n) is 10.3. The Morgan fingerprint density at radius 3 is 2.74 bits per heavy atom. The van der Waals surface area contributed by atoms with E-state index in [1.54, 1.807) is 24.4 Å². The number of aromatic nitrogens is 1. The zero-order chi connectivity index (χ0) is 13.8. The summed E-state index contributed by atoms with van der Waals surface area (Å²) in [5.74, 6) is 0.559. The average Bonchev–Trinajstić information content (AvgIpc) is 2.36. The standard InChI is InChI=1S/C14H12Cl2N2O/c1-9-4-5-17-14(6-9)18-8-13(19)11-3-2-10(15)7-12(11)16/h2-7H,8H2,1H3,(H,17,18). The van der Waals surface area contributed by atoms with Crippen LogP contribution in [0, 0.1) is 6.92 Å². The van der Waals surface area contributed by atoms with Gasteiger partial charge in [0.15, 0.2) is 5.78 Å². The largest absolute Gasteiger partial charge is 0.363 e. The Hall–Kier alpha value is -1.58. The molecule has 0 aliphatic rings. The molecule has 98 valence electrons. The number of hydrogen-bond acceptors (Lipinski definition) is 3. The molecule has 3 nitrogen and oxygen atoms in total. The molecule has 0 aliphatic carbocycles. The van der Waals surface area contributed by atoms with E-state index < -0.39 is 0 Å². The van der Waals surface area contributed by atoms with E-state index in [9.17, 15) is 4.79 Å². The number of pyridine rings is 1. The first-order valence-corrected chi connectivity index (χ1v) is 6.46. The van der Waals surface area contributed by atoms with Crippen LogP contribution < -0.4 is 5.32 Å². The Morgan fingerprint density at radius 2 is 2.05 bits per heavy atom. The summed E-state index contributed by atoms with van der Waals surface area (Å²) < 4.78 is 0. The molecule has 2 rings (SSSR count). The Kier molecular flexibility index (Phi) is 4.40. The highest BCUT2D eigenvalue weighted by molar-refractivity contribution is 6.36. The van der Waals surface area contributed by atoms with Gasteiger partial charge in [-0.1, -0.05) is 23.2 Å². The topological polar surface area (TPSA) is 42.0 Å². The molecule has 0 saturated carbocycles. The van der Waals surface area contributed by atoms with Gasteiger partial charge in [-0.25, -0.2) is 4.98 Å². The van der Waals surface area contributed by atoms with Crippen LogP contribution >= 0.6 is 23.2 Å². The third-order valence-electron chi connectivity index (χ3n) is 2.58. The van der Waals surface area contributed by atoms with Crippen molar-refractivity contribution in [2.75, 3.05) is 11.9 Å². The Labute approximate surface area is 121 Å². The molecule has 0 amide bonds. The first kappa shape index (κ1) is 13.8. The number of aryl methyl sites for hydroxylation is 1. The van der Waals surface area contributed by atoms with E-state index >= 15 is 0 Å². The van der Waals surface area contributed by atoms with Gasteiger partial charge in [0.1, 0.15) is 5.82 Å². The normalized spacial score (nSPS) is 10.3. The summed E-state index contributed by atoms with van der Waals surface area (Å²) in [6.07, 6.45) is 1.69. The van der Waals surface area contributed by atoms with Gasteiger partial charge in [-0.05, 0) is 42.8 Å². The molecular formula is C14H12Cl2N2O. The minimum Gasteiger partial charge on any atom is -0.363 e. The van der Waals surface area contributed by atoms with Crippen molar-refractivity contribution in [1.82, 2.24) is 4.98 Å². The predicted octanol–water partition coefficient (Wildman–Crippen LogP) is 3.99. The molecule has 1 aromatic carbocycles. The second-order valence-electron chi connectivity index (χ2n) is 4.12. The fourth-order valence-corrected chi connectivity index (χ4v) is 2.13. The summed E-state index contributed by atoms with van der Waals surface area (Å²) in [5, 5.41) is 3.84. The third-order valence-corrected chi connectivity index (χ3v) is 3.12. The molecule has 0 fully saturated rings. The van der Waals surface area contributed by atoms with Crippen molar-refractivity contribution in [2.45, 2.75) is 6.92 Å². The van der Waals surface area contributed by atoms with Crippen LogP contribution in [-0.2, 0) is 0 Å². The van der Waals surface area contributed by atoms with E-state index in [1.165, 1.54) is 0 Å². The second-order valence-corrected chi connectivity index (χ2v) is 4.96. The molecule has 0 spiro atoms. The van der Waals surface area contributed by atoms with Crippen LogP contribution in [0.4, 0.5) is 5.82 Å². The minimum atomic E-state index is -0.107. The number of benzene rings is 1. The molecule has 0 aliphatic heterocycles. The third kappa shape index (κ3) is 3.69. The molecule has 1 aromatic heterocycles. The number of anilines is 1. The fraction of sp³-hybridized carbons (Fsp3) is 0.143. The lowest BCUT2D eigenvalue weighted by atomic mass is 10.1. The monoisotopic (exact) mass is 294 g/mol. The molecule has 19 heavy (non-hydrogen) atoms. The van der Waals surface area contributed by atoms with Gasteiger partial charge < -0.3 is 5.32 Å². The van der Waals surface area contributed by atoms with E-state index in [-0.39, 0.29) is 12.3 Å². The van der Waals surface area contributed by atoms with Gasteiger partial charge in [0.2, 0.25) is 0 Å². The lowest BCUT2D eigenvalue weighted by Crippen LogP contribution is -2.15. The number of carbonyl (C=O) groups is 1. The SMILES string of the molecule is Cc1ccnc(NCC(=O)c2ccc(Cl)cc2Cl)c1. The lowest BCUT2D eigenvalue weighted by molar-refractivity contribution is 0.101. The fourth-order valence-electron chi connectivity index (χ4n) is 1.61. The van der Waals surface area contributed by atoms with Crippen molar-refractivity contribution in [3.05, 3.63) is 57.7 Å². The van der Waals surface area contributed by atoms with Crippen molar-refractivity contribution in [1.29, 1.82) is 0 Å². The van der Waals surface area contributed by atoms with Gasteiger partial charge in [0.25, 0.3) is 0 Å². The van der Waals surface area contributed by atoms with Gasteiger partial charge in [-0.15, -0.1) is 0 Å². The highest BCUT2D eigenvalue weighted by Crippen LogP contribution is 2.21. The summed E-state index contributed by atoms with van der Waals surface area (Å²) in [7, 11) is 0. The summed E-state index contributed by atoms with van der Waals surface area (Å²) in [6.45, 7) is 2.10. The number of halogens is 2. The van der Waals surface area contributed by atoms with Crippen LogP contribution in [-0.4, -0.2) is 17.3 Å². The van der Waals surface area contributed by atoms with E-state index in [0.29, 0.717) is 21.4 Å². The Morgan fingerprint density at radius 1 is 1.26 bits per heavy atom. The van der Waals surface area contributed by atoms with Crippen LogP contribution in [0.5, 0.6) is 0 Å². The van der Waals surface area contributed by atoms with Crippen molar-refractivity contribution < 1.29 is 4.79 Å². The molecule has 0 atom stereocenters. The van der Waals surface area contributed by atoms with Gasteiger partial charge >= 0.3 is 0 Å². The van der Waals surface area contributed by atoms with Crippen molar-refractivity contribution in [2.24, 2.45) is 0 Å². The molecule has 1 N–H and O–H groups in total. The molecule has 0 radical (unpaired) electrons. The predicted molar refractivity (Wildman–Crippen MR) is 78.3 cm³/mol. The van der Waals surface area contributed by atoms with Gasteiger partial charge in [0, 0.05) is 16.8 Å². The maximum Gasteiger partial charge on any atom is 0.183 e. The number of hydrogen-bond donors (Lipinski definition) is 1. The van der Waals surface area contributed by atoms with E-state index in [4.69, 9.17) is 23.2 Å². The van der Waals surface area contributed by atoms with Crippen LogP contribution in [0.15, 0.2) is 36.5 Å². The highest BCUT2D eigenvalue weighted by atomic mass is 35.5. The number of carbonyl (C=O) groups excluding carboxylic acids is 1. The molecule has 0 bridgehead atoms. The average molecular weight is 295 g/mol. The Balaban J connectivity index is 2.05. The minimum absolute atomic E-state index is 0.107. The number of rotatable bonds is 4. The van der Waals surface area contributed by atoms with Crippen molar-refractivity contribution in [3.63, 3.8) is 0 Å². The number of ketones is 1. The van der Waals surface area contributed by atoms with Crippen molar-refractivity contribution in [3.8, 4) is 0 Å². The number of nitrogens with zero attached hydrogens (tertiary/aromatic N) is 1. The van der Waals surface area contributed by atoms with Crippen LogP contribution in [0.2, 0.25) is 10.0 Å². The number of nitrogens with one attached hydrogen (secondary N) is 1. The maximum absolute atomic E-state index is 12.0. The molecule has 5 heteroatoms. The molecule has 0 saturated heterocycles. The molecule has 1 heterocycles. The smallest absolute Gasteiger partial charge is 0.183 e. The van der Waals surface area contributed by atoms with Gasteiger partial charge in [0.05, 0.1) is 11.6 Å². The molecular weight excluding hydrogens is 283 g/mol. The molecule has 0 unspecified atom stereocenters. The Bertz CT molecular complexity index is 614. The quantitative estimate of drug-likeness (QED) is 0.867. The van der Waals surface area contributed by atoms with Crippen LogP contribution in [0.1, 0.15) is 15.9 Å². The maximum atomic E-state index is 12.0. The van der Waals surface area contributed by atoms with E-state index in [0.717, 1.165) is 5.56 Å². The summed E-state index contributed by atoms with van der Waals surface area (Å²) in [6, 6.07) is 8.59. The lowest BCUT2D eigenvalue weighted by Gasteiger charge is -2.07. The van der Waals surface area contributed by atoms with E-state index in [1.807, 2.05) is 19.1 Å². The van der Waals surface area contributed by atoms with Crippen LogP contribution in [0.3, 0.4) is 0 Å². The second kappa shape index (κ2) is 6.04. The number of Topliss-reactive ketones (excluding diaryl/α,β-unsaturated/α-hetero) is 1. The van der Waals surface area contributed by atoms with Crippen molar-refractivity contribution >= 4 is 34.8 Å². The molecule has 2 aromatic rings. The van der Waals surface area contributed by atoms with E-state index in [2.05, 4.69) is 10.3 Å². The van der Waals surface area contributed by atoms with Crippen LogP contribution in [0.25, 0.3) is 0 Å². The first-order valence-electron chi connectivity index (χ1n) is 5.71. The summed E-state index contributed by atoms with van der Waals surface area (Å²) >= 11 is 11.8. The zero-order valence-corrected chi connectivity index (χ0v) is 11.8. The highest BCUT2D eigenvalue weighted by Gasteiger charge is 2.10. The van der Waals surface area contributed by atoms with Gasteiger partial charge in [-0.2, -0.15) is 0 Å². The first-order chi connectivity index (χ1) is 9.06. The van der Waals surface area contributed by atoms with Gasteiger partial charge in [-0.3, -0.25) is 4.79 Å². The summed E-state index contributed by atoms with van der Waals surface area (Å²) in [4.78, 5) is 16.1.